The number of halogens is 2. The Bertz CT molecular complexity index is 109. The van der Waals surface area contributed by atoms with Crippen molar-refractivity contribution in [2.24, 2.45) is 5.92 Å². The first-order valence-electron chi connectivity index (χ1n) is 4.13. The maximum Gasteiger partial charge on any atom is 0.0241 e. The quantitative estimate of drug-likeness (QED) is 0.711. The van der Waals surface area contributed by atoms with E-state index in [1.807, 2.05) is 0 Å². The summed E-state index contributed by atoms with van der Waals surface area (Å²) in [6.07, 6.45) is 0. The fraction of sp³-hybridized carbons (Fsp3) is 1.00. The van der Waals surface area contributed by atoms with Crippen LogP contribution in [0.5, 0.6) is 0 Å². The zero-order valence-electron chi connectivity index (χ0n) is 8.04. The number of nitrogens with one attached hydrogen (secondary N) is 1. The largest absolute Gasteiger partial charge is 0.314 e. The number of rotatable bonds is 1. The van der Waals surface area contributed by atoms with E-state index in [0.717, 1.165) is 25.0 Å². The lowest BCUT2D eigenvalue weighted by molar-refractivity contribution is 0.157. The van der Waals surface area contributed by atoms with E-state index in [1.165, 1.54) is 6.54 Å². The molecule has 1 aliphatic rings. The molecule has 0 unspecified atom stereocenters. The summed E-state index contributed by atoms with van der Waals surface area (Å²) in [6.45, 7) is 8.08. The zero-order valence-corrected chi connectivity index (χ0v) is 9.67. The first-order valence-corrected chi connectivity index (χ1v) is 4.13. The molecule has 4 heteroatoms. The molecule has 1 heterocycles. The Balaban J connectivity index is 0. The van der Waals surface area contributed by atoms with Gasteiger partial charge in [-0.15, -0.1) is 24.8 Å². The molecule has 1 saturated heterocycles. The van der Waals surface area contributed by atoms with Crippen LogP contribution in [0.25, 0.3) is 0 Å². The van der Waals surface area contributed by atoms with Crippen LogP contribution < -0.4 is 5.32 Å². The Hall–Kier alpha value is 0.500. The van der Waals surface area contributed by atoms with Crippen molar-refractivity contribution in [2.75, 3.05) is 26.7 Å². The minimum atomic E-state index is 0. The van der Waals surface area contributed by atoms with Crippen LogP contribution in [0.3, 0.4) is 0 Å². The van der Waals surface area contributed by atoms with Crippen molar-refractivity contribution < 1.29 is 0 Å². The molecule has 1 fully saturated rings. The van der Waals surface area contributed by atoms with Crippen molar-refractivity contribution in [2.45, 2.75) is 19.9 Å². The summed E-state index contributed by atoms with van der Waals surface area (Å²) < 4.78 is 0. The van der Waals surface area contributed by atoms with Crippen LogP contribution in [0.1, 0.15) is 13.8 Å². The molecule has 76 valence electrons. The Morgan fingerprint density at radius 1 is 1.33 bits per heavy atom. The molecule has 1 aliphatic heterocycles. The third-order valence-electron chi connectivity index (χ3n) is 2.33. The summed E-state index contributed by atoms with van der Waals surface area (Å²) >= 11 is 0. The SMILES string of the molecule is CC(C)[C@@H]1CNCCN1C.Cl.Cl. The van der Waals surface area contributed by atoms with Gasteiger partial charge in [-0.25, -0.2) is 0 Å². The third-order valence-corrected chi connectivity index (χ3v) is 2.33. The van der Waals surface area contributed by atoms with Gasteiger partial charge in [0, 0.05) is 25.7 Å². The van der Waals surface area contributed by atoms with Gasteiger partial charge in [-0.05, 0) is 13.0 Å². The highest BCUT2D eigenvalue weighted by molar-refractivity contribution is 5.85. The molecule has 0 amide bonds. The first kappa shape index (κ1) is 15.0. The number of hydrogen-bond donors (Lipinski definition) is 1. The van der Waals surface area contributed by atoms with Gasteiger partial charge >= 0.3 is 0 Å². The summed E-state index contributed by atoms with van der Waals surface area (Å²) in [5, 5.41) is 3.40. The normalized spacial score (nSPS) is 24.5. The molecule has 0 spiro atoms. The molecule has 0 aromatic heterocycles. The van der Waals surface area contributed by atoms with Crippen molar-refractivity contribution in [3.05, 3.63) is 0 Å². The van der Waals surface area contributed by atoms with Gasteiger partial charge in [0.25, 0.3) is 0 Å². The van der Waals surface area contributed by atoms with Gasteiger partial charge in [0.15, 0.2) is 0 Å². The summed E-state index contributed by atoms with van der Waals surface area (Å²) in [7, 11) is 2.21. The van der Waals surface area contributed by atoms with Crippen molar-refractivity contribution in [3.8, 4) is 0 Å². The van der Waals surface area contributed by atoms with Crippen molar-refractivity contribution in [1.82, 2.24) is 10.2 Å². The van der Waals surface area contributed by atoms with Gasteiger partial charge in [-0.1, -0.05) is 13.8 Å². The summed E-state index contributed by atoms with van der Waals surface area (Å²) in [5.41, 5.74) is 0. The number of nitrogens with zero attached hydrogens (tertiary/aromatic N) is 1. The highest BCUT2D eigenvalue weighted by Gasteiger charge is 2.20. The average Bonchev–Trinajstić information content (AvgIpc) is 1.88. The monoisotopic (exact) mass is 214 g/mol. The van der Waals surface area contributed by atoms with Crippen LogP contribution in [0.15, 0.2) is 0 Å². The third kappa shape index (κ3) is 3.94. The number of likely N-dealkylation sites (N-methyl/N-ethyl adjacent to an activating group) is 1. The maximum atomic E-state index is 3.40. The maximum absolute atomic E-state index is 3.40. The van der Waals surface area contributed by atoms with E-state index in [9.17, 15) is 0 Å². The van der Waals surface area contributed by atoms with Gasteiger partial charge < -0.3 is 10.2 Å². The molecule has 0 saturated carbocycles. The molecule has 0 bridgehead atoms. The molecule has 1 N–H and O–H groups in total. The molecular formula is C8H20Cl2N2. The predicted octanol–water partition coefficient (Wildman–Crippen LogP) is 1.39. The van der Waals surface area contributed by atoms with Crippen molar-refractivity contribution >= 4 is 24.8 Å². The van der Waals surface area contributed by atoms with Gasteiger partial charge in [-0.2, -0.15) is 0 Å². The molecule has 12 heavy (non-hydrogen) atoms. The van der Waals surface area contributed by atoms with E-state index in [4.69, 9.17) is 0 Å². The van der Waals surface area contributed by atoms with Crippen LogP contribution in [0.2, 0.25) is 0 Å². The van der Waals surface area contributed by atoms with E-state index < -0.39 is 0 Å². The average molecular weight is 215 g/mol. The highest BCUT2D eigenvalue weighted by atomic mass is 35.5. The van der Waals surface area contributed by atoms with Gasteiger partial charge in [0.2, 0.25) is 0 Å². The van der Waals surface area contributed by atoms with E-state index in [0.29, 0.717) is 0 Å². The van der Waals surface area contributed by atoms with Crippen LogP contribution in [-0.2, 0) is 0 Å². The topological polar surface area (TPSA) is 15.3 Å². The molecule has 0 radical (unpaired) electrons. The smallest absolute Gasteiger partial charge is 0.0241 e. The molecule has 1 atom stereocenters. The zero-order chi connectivity index (χ0) is 7.56. The minimum absolute atomic E-state index is 0. The number of hydrogen-bond acceptors (Lipinski definition) is 2. The van der Waals surface area contributed by atoms with Gasteiger partial charge in [0.05, 0.1) is 0 Å². The summed E-state index contributed by atoms with van der Waals surface area (Å²) in [5.74, 6) is 0.776. The Morgan fingerprint density at radius 3 is 2.25 bits per heavy atom. The van der Waals surface area contributed by atoms with Crippen molar-refractivity contribution in [3.63, 3.8) is 0 Å². The predicted molar refractivity (Wildman–Crippen MR) is 58.6 cm³/mol. The molecule has 2 nitrogen and oxygen atoms in total. The van der Waals surface area contributed by atoms with Gasteiger partial charge in [0.1, 0.15) is 0 Å². The Kier molecular flexibility index (Phi) is 8.69. The molecule has 0 aromatic carbocycles. The summed E-state index contributed by atoms with van der Waals surface area (Å²) in [6, 6.07) is 0.744. The summed E-state index contributed by atoms with van der Waals surface area (Å²) in [4.78, 5) is 2.45. The van der Waals surface area contributed by atoms with E-state index in [2.05, 4.69) is 31.1 Å². The van der Waals surface area contributed by atoms with Crippen LogP contribution in [0.4, 0.5) is 0 Å². The van der Waals surface area contributed by atoms with Crippen molar-refractivity contribution in [1.29, 1.82) is 0 Å². The van der Waals surface area contributed by atoms with E-state index in [-0.39, 0.29) is 24.8 Å². The number of piperazine rings is 1. The second-order valence-electron chi connectivity index (χ2n) is 3.50. The molecule has 1 rings (SSSR count). The Morgan fingerprint density at radius 2 is 1.92 bits per heavy atom. The standard InChI is InChI=1S/C8H18N2.2ClH/c1-7(2)8-6-9-4-5-10(8)3;;/h7-9H,4-6H2,1-3H3;2*1H/t8-;;/m0../s1. The Labute approximate surface area is 87.9 Å². The molecule has 0 aromatic rings. The fourth-order valence-electron chi connectivity index (χ4n) is 1.57. The van der Waals surface area contributed by atoms with Crippen LogP contribution in [-0.4, -0.2) is 37.6 Å². The second kappa shape index (κ2) is 6.96. The molecule has 0 aliphatic carbocycles. The second-order valence-corrected chi connectivity index (χ2v) is 3.50. The van der Waals surface area contributed by atoms with E-state index >= 15 is 0 Å². The molecular weight excluding hydrogens is 195 g/mol. The van der Waals surface area contributed by atoms with Crippen LogP contribution >= 0.6 is 24.8 Å². The minimum Gasteiger partial charge on any atom is -0.314 e. The fourth-order valence-corrected chi connectivity index (χ4v) is 1.57. The van der Waals surface area contributed by atoms with E-state index in [1.54, 1.807) is 0 Å². The highest BCUT2D eigenvalue weighted by Crippen LogP contribution is 2.09. The lowest BCUT2D eigenvalue weighted by Crippen LogP contribution is -2.51. The van der Waals surface area contributed by atoms with Gasteiger partial charge in [-0.3, -0.25) is 0 Å². The lowest BCUT2D eigenvalue weighted by Gasteiger charge is -2.35. The van der Waals surface area contributed by atoms with Crippen LogP contribution in [0, 0.1) is 5.92 Å². The lowest BCUT2D eigenvalue weighted by atomic mass is 10.0. The first-order chi connectivity index (χ1) is 4.72.